The van der Waals surface area contributed by atoms with Gasteiger partial charge in [0.25, 0.3) is 0 Å². The van der Waals surface area contributed by atoms with Gasteiger partial charge in [0, 0.05) is 6.54 Å². The van der Waals surface area contributed by atoms with Crippen LogP contribution in [0.2, 0.25) is 0 Å². The van der Waals surface area contributed by atoms with Crippen molar-refractivity contribution in [3.8, 4) is 11.8 Å². The number of para-hydroxylation sites is 1. The average Bonchev–Trinajstić information content (AvgIpc) is 2.47. The number of hydrogen-bond donors (Lipinski definition) is 1. The van der Waals surface area contributed by atoms with Crippen LogP contribution >= 0.6 is 0 Å². The third-order valence-electron chi connectivity index (χ3n) is 4.12. The van der Waals surface area contributed by atoms with Gasteiger partial charge in [-0.25, -0.2) is 0 Å². The van der Waals surface area contributed by atoms with Crippen molar-refractivity contribution < 1.29 is 9.84 Å². The van der Waals surface area contributed by atoms with E-state index in [1.54, 1.807) is 18.2 Å². The smallest absolute Gasteiger partial charge is 0.137 e. The number of nitriles is 1. The van der Waals surface area contributed by atoms with Gasteiger partial charge in [-0.2, -0.15) is 5.26 Å². The molecular weight excluding hydrogens is 264 g/mol. The molecule has 1 saturated heterocycles. The highest BCUT2D eigenvalue weighted by atomic mass is 16.5. The Morgan fingerprint density at radius 2 is 2.00 bits per heavy atom. The Hall–Kier alpha value is -1.57. The first-order chi connectivity index (χ1) is 10.00. The van der Waals surface area contributed by atoms with Crippen molar-refractivity contribution in [2.45, 2.75) is 32.8 Å². The van der Waals surface area contributed by atoms with E-state index in [1.807, 2.05) is 6.07 Å². The van der Waals surface area contributed by atoms with Crippen molar-refractivity contribution >= 4 is 0 Å². The highest BCUT2D eigenvalue weighted by Gasteiger charge is 2.26. The lowest BCUT2D eigenvalue weighted by molar-refractivity contribution is 0.0441. The first-order valence-electron chi connectivity index (χ1n) is 7.52. The van der Waals surface area contributed by atoms with Crippen LogP contribution in [0.4, 0.5) is 0 Å². The fourth-order valence-electron chi connectivity index (χ4n) is 2.56. The molecule has 0 spiro atoms. The zero-order chi connectivity index (χ0) is 15.3. The van der Waals surface area contributed by atoms with Gasteiger partial charge in [0.15, 0.2) is 0 Å². The molecule has 2 rings (SSSR count). The summed E-state index contributed by atoms with van der Waals surface area (Å²) < 4.78 is 5.57. The maximum atomic E-state index is 10.1. The number of likely N-dealkylation sites (tertiary alicyclic amines) is 1. The quantitative estimate of drug-likeness (QED) is 0.904. The van der Waals surface area contributed by atoms with Crippen LogP contribution in [0.5, 0.6) is 5.75 Å². The Bertz CT molecular complexity index is 498. The maximum absolute atomic E-state index is 10.1. The summed E-state index contributed by atoms with van der Waals surface area (Å²) in [5, 5.41) is 19.1. The third kappa shape index (κ3) is 4.73. The van der Waals surface area contributed by atoms with Crippen molar-refractivity contribution in [1.29, 1.82) is 5.26 Å². The summed E-state index contributed by atoms with van der Waals surface area (Å²) in [5.41, 5.74) is 0.924. The lowest BCUT2D eigenvalue weighted by Crippen LogP contribution is -2.42. The molecule has 0 saturated carbocycles. The maximum Gasteiger partial charge on any atom is 0.137 e. The van der Waals surface area contributed by atoms with Crippen molar-refractivity contribution in [2.24, 2.45) is 5.41 Å². The predicted molar refractivity (Wildman–Crippen MR) is 82.1 cm³/mol. The molecule has 0 radical (unpaired) electrons. The highest BCUT2D eigenvalue weighted by molar-refractivity contribution is 5.42. The standard InChI is InChI=1S/C17H24N2O2/c1-17(2)7-9-19(10-8-17)12-15(20)13-21-16-6-4-3-5-14(16)11-18/h3-6,15,20H,7-10,12-13H2,1-2H3. The molecule has 114 valence electrons. The van der Waals surface area contributed by atoms with Gasteiger partial charge in [-0.05, 0) is 43.5 Å². The first kappa shape index (κ1) is 15.8. The van der Waals surface area contributed by atoms with Crippen LogP contribution in [-0.2, 0) is 0 Å². The molecule has 1 unspecified atom stereocenters. The van der Waals surface area contributed by atoms with Crippen LogP contribution in [0.15, 0.2) is 24.3 Å². The Morgan fingerprint density at radius 3 is 2.67 bits per heavy atom. The van der Waals surface area contributed by atoms with E-state index in [9.17, 15) is 5.11 Å². The molecule has 1 aliphatic rings. The van der Waals surface area contributed by atoms with E-state index in [1.165, 1.54) is 0 Å². The van der Waals surface area contributed by atoms with Crippen LogP contribution in [0.1, 0.15) is 32.3 Å². The molecule has 0 bridgehead atoms. The monoisotopic (exact) mass is 288 g/mol. The van der Waals surface area contributed by atoms with Crippen molar-refractivity contribution in [3.05, 3.63) is 29.8 Å². The number of aliphatic hydroxyl groups excluding tert-OH is 1. The first-order valence-corrected chi connectivity index (χ1v) is 7.52. The van der Waals surface area contributed by atoms with Crippen molar-refractivity contribution in [3.63, 3.8) is 0 Å². The zero-order valence-electron chi connectivity index (χ0n) is 12.9. The summed E-state index contributed by atoms with van der Waals surface area (Å²) in [7, 11) is 0. The number of nitrogens with zero attached hydrogens (tertiary/aromatic N) is 2. The van der Waals surface area contributed by atoms with Gasteiger partial charge >= 0.3 is 0 Å². The molecule has 0 aliphatic carbocycles. The normalized spacial score (nSPS) is 19.7. The van der Waals surface area contributed by atoms with Gasteiger partial charge < -0.3 is 14.7 Å². The predicted octanol–water partition coefficient (Wildman–Crippen LogP) is 2.42. The lowest BCUT2D eigenvalue weighted by atomic mass is 9.82. The summed E-state index contributed by atoms with van der Waals surface area (Å²) in [4.78, 5) is 2.29. The van der Waals surface area contributed by atoms with Gasteiger partial charge in [-0.3, -0.25) is 0 Å². The minimum atomic E-state index is -0.530. The second-order valence-electron chi connectivity index (χ2n) is 6.54. The van der Waals surface area contributed by atoms with Gasteiger partial charge in [0.2, 0.25) is 0 Å². The minimum absolute atomic E-state index is 0.221. The second-order valence-corrected chi connectivity index (χ2v) is 6.54. The average molecular weight is 288 g/mol. The number of rotatable bonds is 5. The molecule has 1 aromatic carbocycles. The Balaban J connectivity index is 1.78. The summed E-state index contributed by atoms with van der Waals surface area (Å²) in [5.74, 6) is 0.541. The topological polar surface area (TPSA) is 56.5 Å². The fourth-order valence-corrected chi connectivity index (χ4v) is 2.56. The van der Waals surface area contributed by atoms with E-state index in [2.05, 4.69) is 24.8 Å². The second kappa shape index (κ2) is 6.93. The van der Waals surface area contributed by atoms with E-state index in [-0.39, 0.29) is 6.61 Å². The van der Waals surface area contributed by atoms with Crippen LogP contribution in [0.25, 0.3) is 0 Å². The zero-order valence-corrected chi connectivity index (χ0v) is 12.9. The summed E-state index contributed by atoms with van der Waals surface area (Å²) in [6, 6.07) is 9.20. The van der Waals surface area contributed by atoms with Crippen LogP contribution in [0, 0.1) is 16.7 Å². The Kier molecular flexibility index (Phi) is 5.22. The highest BCUT2D eigenvalue weighted by Crippen LogP contribution is 2.29. The molecule has 4 heteroatoms. The number of ether oxygens (including phenoxy) is 1. The molecule has 1 heterocycles. The van der Waals surface area contributed by atoms with Gasteiger partial charge in [-0.1, -0.05) is 26.0 Å². The summed E-state index contributed by atoms with van der Waals surface area (Å²) in [6.45, 7) is 7.49. The van der Waals surface area contributed by atoms with Crippen LogP contribution < -0.4 is 4.74 Å². The molecule has 0 aromatic heterocycles. The minimum Gasteiger partial charge on any atom is -0.489 e. The Labute approximate surface area is 127 Å². The van der Waals surface area contributed by atoms with Crippen LogP contribution in [-0.4, -0.2) is 42.4 Å². The van der Waals surface area contributed by atoms with E-state index < -0.39 is 6.10 Å². The molecule has 1 aliphatic heterocycles. The number of hydrogen-bond acceptors (Lipinski definition) is 4. The largest absolute Gasteiger partial charge is 0.489 e. The van der Waals surface area contributed by atoms with Crippen molar-refractivity contribution in [1.82, 2.24) is 4.90 Å². The summed E-state index contributed by atoms with van der Waals surface area (Å²) >= 11 is 0. The van der Waals surface area contributed by atoms with Crippen LogP contribution in [0.3, 0.4) is 0 Å². The van der Waals surface area contributed by atoms with Gasteiger partial charge in [-0.15, -0.1) is 0 Å². The molecular formula is C17H24N2O2. The third-order valence-corrected chi connectivity index (χ3v) is 4.12. The van der Waals surface area contributed by atoms with Crippen molar-refractivity contribution in [2.75, 3.05) is 26.2 Å². The molecule has 1 atom stereocenters. The SMILES string of the molecule is CC1(C)CCN(CC(O)COc2ccccc2C#N)CC1. The Morgan fingerprint density at radius 1 is 1.33 bits per heavy atom. The fraction of sp³-hybridized carbons (Fsp3) is 0.588. The molecule has 21 heavy (non-hydrogen) atoms. The van der Waals surface area contributed by atoms with E-state index in [0.29, 0.717) is 23.3 Å². The molecule has 1 fully saturated rings. The number of piperidine rings is 1. The van der Waals surface area contributed by atoms with E-state index in [0.717, 1.165) is 25.9 Å². The van der Waals surface area contributed by atoms with Gasteiger partial charge in [0.05, 0.1) is 5.56 Å². The lowest BCUT2D eigenvalue weighted by Gasteiger charge is -2.37. The number of β-amino-alcohol motifs (C(OH)–C–C–N with tert-alkyl or cyclic N) is 1. The van der Waals surface area contributed by atoms with Gasteiger partial charge in [0.1, 0.15) is 24.5 Å². The molecule has 1 N–H and O–H groups in total. The molecule has 1 aromatic rings. The molecule has 0 amide bonds. The number of benzene rings is 1. The summed E-state index contributed by atoms with van der Waals surface area (Å²) in [6.07, 6.45) is 1.80. The molecule has 4 nitrogen and oxygen atoms in total. The van der Waals surface area contributed by atoms with E-state index >= 15 is 0 Å². The van der Waals surface area contributed by atoms with E-state index in [4.69, 9.17) is 10.00 Å². The number of aliphatic hydroxyl groups is 1.